The molecule has 0 atom stereocenters. The molecule has 0 aliphatic heterocycles. The van der Waals surface area contributed by atoms with Gasteiger partial charge in [0, 0.05) is 22.2 Å². The first kappa shape index (κ1) is 27.5. The van der Waals surface area contributed by atoms with Crippen LogP contribution in [-0.4, -0.2) is 14.5 Å². The number of hydrogen-bond acceptors (Lipinski definition) is 2. The fraction of sp³-hybridized carbons (Fsp3) is 0. The number of hydrogen-bond donors (Lipinski definition) is 0. The molecule has 0 unspecified atom stereocenters. The van der Waals surface area contributed by atoms with E-state index in [1.165, 1.54) is 32.3 Å². The summed E-state index contributed by atoms with van der Waals surface area (Å²) in [5.74, 6) is 0.811. The maximum Gasteiger partial charge on any atom is 0.164 e. The molecule has 10 aromatic rings. The van der Waals surface area contributed by atoms with E-state index in [1.54, 1.807) is 0 Å². The largest absolute Gasteiger partial charge is 0.290 e. The zero-order valence-electron chi connectivity index (χ0n) is 26.6. The van der Waals surface area contributed by atoms with Crippen molar-refractivity contribution in [1.29, 1.82) is 0 Å². The van der Waals surface area contributed by atoms with Crippen molar-refractivity contribution in [3.05, 3.63) is 176 Å². The number of fused-ring (bicyclic) bond motifs is 5. The molecule has 3 heteroatoms. The molecule has 0 aliphatic carbocycles. The molecule has 10 rings (SSSR count). The quantitative estimate of drug-likeness (QED) is 0.195. The number of aromatic nitrogens is 3. The molecule has 49 heavy (non-hydrogen) atoms. The molecule has 0 bridgehead atoms. The number of imidazole rings is 1. The molecular formula is C46H29N3. The highest BCUT2D eigenvalue weighted by molar-refractivity contribution is 6.21. The lowest BCUT2D eigenvalue weighted by Gasteiger charge is -2.18. The van der Waals surface area contributed by atoms with Crippen LogP contribution < -0.4 is 0 Å². The molecule has 0 saturated carbocycles. The fourth-order valence-corrected chi connectivity index (χ4v) is 7.46. The first-order valence-electron chi connectivity index (χ1n) is 16.7. The van der Waals surface area contributed by atoms with Gasteiger partial charge in [-0.2, -0.15) is 0 Å². The van der Waals surface area contributed by atoms with Crippen molar-refractivity contribution in [2.75, 3.05) is 0 Å². The van der Waals surface area contributed by atoms with Crippen LogP contribution in [0.4, 0.5) is 0 Å². The maximum absolute atomic E-state index is 5.62. The van der Waals surface area contributed by atoms with Crippen LogP contribution >= 0.6 is 0 Å². The normalized spacial score (nSPS) is 11.7. The van der Waals surface area contributed by atoms with E-state index in [4.69, 9.17) is 9.97 Å². The average Bonchev–Trinajstić information content (AvgIpc) is 3.56. The molecule has 0 fully saturated rings. The van der Waals surface area contributed by atoms with Crippen molar-refractivity contribution in [3.63, 3.8) is 0 Å². The van der Waals surface area contributed by atoms with Gasteiger partial charge in [-0.3, -0.25) is 4.57 Å². The number of para-hydroxylation sites is 2. The molecule has 0 radical (unpaired) electrons. The predicted molar refractivity (Wildman–Crippen MR) is 205 cm³/mol. The molecule has 2 aromatic heterocycles. The number of pyridine rings is 1. The Morgan fingerprint density at radius 3 is 1.61 bits per heavy atom. The second kappa shape index (κ2) is 11.0. The van der Waals surface area contributed by atoms with E-state index in [2.05, 4.69) is 174 Å². The minimum atomic E-state index is 0.811. The number of benzene rings is 8. The molecule has 0 N–H and O–H groups in total. The Morgan fingerprint density at radius 2 is 0.918 bits per heavy atom. The average molecular weight is 624 g/mol. The third-order valence-corrected chi connectivity index (χ3v) is 9.73. The predicted octanol–water partition coefficient (Wildman–Crippen LogP) is 12.0. The lowest BCUT2D eigenvalue weighted by Crippen LogP contribution is -2.00. The molecule has 0 saturated heterocycles. The van der Waals surface area contributed by atoms with Gasteiger partial charge in [0.1, 0.15) is 5.69 Å². The van der Waals surface area contributed by atoms with Crippen molar-refractivity contribution < 1.29 is 0 Å². The lowest BCUT2D eigenvalue weighted by molar-refractivity contribution is 1.09. The van der Waals surface area contributed by atoms with Crippen LogP contribution in [0, 0.1) is 0 Å². The SMILES string of the molecule is c1ccc(-n2c(-c3ccc4ccccc4n3)nc3c(-c4ccc5ccccc5c4)c4ccccc4c(-c4ccc5ccccc5c4)c32)cc1. The molecule has 8 aromatic carbocycles. The fourth-order valence-electron chi connectivity index (χ4n) is 7.46. The minimum Gasteiger partial charge on any atom is -0.290 e. The zero-order chi connectivity index (χ0) is 32.3. The molecule has 228 valence electrons. The van der Waals surface area contributed by atoms with Gasteiger partial charge in [-0.05, 0) is 79.8 Å². The standard InChI is InChI=1S/C46H29N3/c1-2-17-37(18-3-1)49-45-43(36-25-23-31-13-5-7-16-34(31)29-36)39-20-10-9-19-38(39)42(35-24-22-30-12-4-6-15-33(30)28-35)44(45)48-46(49)41-27-26-32-14-8-11-21-40(32)47-41/h1-29H. The van der Waals surface area contributed by atoms with Crippen molar-refractivity contribution in [2.24, 2.45) is 0 Å². The van der Waals surface area contributed by atoms with Gasteiger partial charge >= 0.3 is 0 Å². The Morgan fingerprint density at radius 1 is 0.388 bits per heavy atom. The summed E-state index contributed by atoms with van der Waals surface area (Å²) in [6.07, 6.45) is 0. The summed E-state index contributed by atoms with van der Waals surface area (Å²) in [5.41, 5.74) is 9.40. The van der Waals surface area contributed by atoms with Gasteiger partial charge in [-0.15, -0.1) is 0 Å². The van der Waals surface area contributed by atoms with Crippen LogP contribution in [0.3, 0.4) is 0 Å². The topological polar surface area (TPSA) is 30.7 Å². The van der Waals surface area contributed by atoms with Gasteiger partial charge in [0.2, 0.25) is 0 Å². The summed E-state index contributed by atoms with van der Waals surface area (Å²) in [6.45, 7) is 0. The van der Waals surface area contributed by atoms with Crippen molar-refractivity contribution >= 4 is 54.3 Å². The number of nitrogens with zero attached hydrogens (tertiary/aromatic N) is 3. The van der Waals surface area contributed by atoms with Crippen LogP contribution in [0.2, 0.25) is 0 Å². The minimum absolute atomic E-state index is 0.811. The summed E-state index contributed by atoms with van der Waals surface area (Å²) in [5, 5.41) is 8.31. The van der Waals surface area contributed by atoms with E-state index in [9.17, 15) is 0 Å². The maximum atomic E-state index is 5.62. The Balaban J connectivity index is 1.41. The highest BCUT2D eigenvalue weighted by Gasteiger charge is 2.25. The Hall–Kier alpha value is -6.58. The summed E-state index contributed by atoms with van der Waals surface area (Å²) < 4.78 is 2.33. The van der Waals surface area contributed by atoms with Crippen molar-refractivity contribution in [1.82, 2.24) is 14.5 Å². The Kier molecular flexibility index (Phi) is 6.18. The highest BCUT2D eigenvalue weighted by Crippen LogP contribution is 2.46. The second-order valence-electron chi connectivity index (χ2n) is 12.6. The number of rotatable bonds is 4. The molecule has 3 nitrogen and oxygen atoms in total. The van der Waals surface area contributed by atoms with E-state index >= 15 is 0 Å². The van der Waals surface area contributed by atoms with E-state index in [0.717, 1.165) is 61.4 Å². The van der Waals surface area contributed by atoms with Crippen LogP contribution in [0.25, 0.3) is 93.7 Å². The van der Waals surface area contributed by atoms with Gasteiger partial charge in [0.15, 0.2) is 5.82 Å². The summed E-state index contributed by atoms with van der Waals surface area (Å²) >= 11 is 0. The van der Waals surface area contributed by atoms with Crippen molar-refractivity contribution in [2.45, 2.75) is 0 Å². The smallest absolute Gasteiger partial charge is 0.164 e. The van der Waals surface area contributed by atoms with E-state index in [1.807, 2.05) is 6.07 Å². The summed E-state index contributed by atoms with van der Waals surface area (Å²) in [6, 6.07) is 62.7. The molecule has 0 aliphatic rings. The lowest BCUT2D eigenvalue weighted by atomic mass is 9.89. The van der Waals surface area contributed by atoms with E-state index < -0.39 is 0 Å². The summed E-state index contributed by atoms with van der Waals surface area (Å²) in [4.78, 5) is 10.8. The first-order valence-corrected chi connectivity index (χ1v) is 16.7. The molecule has 2 heterocycles. The van der Waals surface area contributed by atoms with E-state index in [0.29, 0.717) is 0 Å². The Bertz CT molecular complexity index is 2880. The second-order valence-corrected chi connectivity index (χ2v) is 12.6. The van der Waals surface area contributed by atoms with Gasteiger partial charge in [0.25, 0.3) is 0 Å². The van der Waals surface area contributed by atoms with Gasteiger partial charge in [-0.1, -0.05) is 140 Å². The molecule has 0 amide bonds. The zero-order valence-corrected chi connectivity index (χ0v) is 26.6. The van der Waals surface area contributed by atoms with Crippen molar-refractivity contribution in [3.8, 4) is 39.5 Å². The van der Waals surface area contributed by atoms with Crippen LogP contribution in [0.5, 0.6) is 0 Å². The highest BCUT2D eigenvalue weighted by atomic mass is 15.1. The Labute approximate surface area is 283 Å². The summed E-state index contributed by atoms with van der Waals surface area (Å²) in [7, 11) is 0. The van der Waals surface area contributed by atoms with Crippen LogP contribution in [0.15, 0.2) is 176 Å². The third-order valence-electron chi connectivity index (χ3n) is 9.73. The van der Waals surface area contributed by atoms with Gasteiger partial charge < -0.3 is 0 Å². The van der Waals surface area contributed by atoms with Gasteiger partial charge in [-0.25, -0.2) is 9.97 Å². The van der Waals surface area contributed by atoms with Crippen LogP contribution in [0.1, 0.15) is 0 Å². The van der Waals surface area contributed by atoms with Gasteiger partial charge in [0.05, 0.1) is 16.6 Å². The third kappa shape index (κ3) is 4.44. The van der Waals surface area contributed by atoms with E-state index in [-0.39, 0.29) is 0 Å². The first-order chi connectivity index (χ1) is 24.3. The monoisotopic (exact) mass is 623 g/mol. The van der Waals surface area contributed by atoms with Crippen LogP contribution in [-0.2, 0) is 0 Å². The molecule has 0 spiro atoms. The molecular weight excluding hydrogens is 595 g/mol.